The summed E-state index contributed by atoms with van der Waals surface area (Å²) in [6.07, 6.45) is 4.42. The molecule has 0 aliphatic carbocycles. The third-order valence-electron chi connectivity index (χ3n) is 5.05. The fourth-order valence-electron chi connectivity index (χ4n) is 3.52. The summed E-state index contributed by atoms with van der Waals surface area (Å²) in [7, 11) is 3.25. The summed E-state index contributed by atoms with van der Waals surface area (Å²) in [5.41, 5.74) is 3.19. The number of ether oxygens (including phenoxy) is 2. The number of para-hydroxylation sites is 1. The molecule has 0 fully saturated rings. The number of aromatic nitrogens is 1. The lowest BCUT2D eigenvalue weighted by atomic mass is 9.87. The van der Waals surface area contributed by atoms with Gasteiger partial charge in [0.25, 0.3) is 0 Å². The number of nitrogens with one attached hydrogen (secondary N) is 2. The Balaban J connectivity index is 1.98. The predicted octanol–water partition coefficient (Wildman–Crippen LogP) is 4.62. The summed E-state index contributed by atoms with van der Waals surface area (Å²) in [5.74, 6) is 1.31. The molecule has 0 radical (unpaired) electrons. The number of unbranched alkanes of at least 4 members (excludes halogenated alkanes) is 1. The molecule has 0 saturated heterocycles. The summed E-state index contributed by atoms with van der Waals surface area (Å²) in [6, 6.07) is 14.0. The van der Waals surface area contributed by atoms with Crippen molar-refractivity contribution >= 4 is 16.8 Å². The van der Waals surface area contributed by atoms with Gasteiger partial charge in [-0.2, -0.15) is 0 Å². The van der Waals surface area contributed by atoms with Crippen LogP contribution in [0.25, 0.3) is 10.9 Å². The molecule has 1 amide bonds. The molecule has 1 heterocycles. The highest BCUT2D eigenvalue weighted by atomic mass is 16.5. The van der Waals surface area contributed by atoms with E-state index in [1.54, 1.807) is 14.2 Å². The van der Waals surface area contributed by atoms with Crippen LogP contribution in [0.4, 0.5) is 0 Å². The first-order valence-corrected chi connectivity index (χ1v) is 9.72. The fourth-order valence-corrected chi connectivity index (χ4v) is 3.52. The number of hydrogen-bond acceptors (Lipinski definition) is 3. The Kier molecular flexibility index (Phi) is 6.58. The van der Waals surface area contributed by atoms with E-state index in [0.29, 0.717) is 24.5 Å². The molecule has 0 saturated carbocycles. The first-order chi connectivity index (χ1) is 13.7. The van der Waals surface area contributed by atoms with Crippen LogP contribution in [0.1, 0.15) is 43.2 Å². The van der Waals surface area contributed by atoms with Crippen LogP contribution in [0.3, 0.4) is 0 Å². The summed E-state index contributed by atoms with van der Waals surface area (Å²) >= 11 is 0. The lowest BCUT2D eigenvalue weighted by molar-refractivity contribution is -0.121. The monoisotopic (exact) mass is 380 g/mol. The van der Waals surface area contributed by atoms with Gasteiger partial charge in [-0.15, -0.1) is 0 Å². The minimum absolute atomic E-state index is 0.0542. The number of rotatable bonds is 9. The van der Waals surface area contributed by atoms with Crippen molar-refractivity contribution in [2.45, 2.75) is 32.1 Å². The van der Waals surface area contributed by atoms with E-state index < -0.39 is 0 Å². The maximum atomic E-state index is 12.6. The average molecular weight is 380 g/mol. The number of amides is 1. The van der Waals surface area contributed by atoms with E-state index in [1.165, 1.54) is 0 Å². The van der Waals surface area contributed by atoms with Gasteiger partial charge in [-0.05, 0) is 35.7 Å². The highest BCUT2D eigenvalue weighted by Crippen LogP contribution is 2.37. The van der Waals surface area contributed by atoms with Gasteiger partial charge < -0.3 is 19.8 Å². The van der Waals surface area contributed by atoms with Crippen molar-refractivity contribution in [1.29, 1.82) is 0 Å². The van der Waals surface area contributed by atoms with E-state index in [9.17, 15) is 4.79 Å². The lowest BCUT2D eigenvalue weighted by Gasteiger charge is -2.19. The number of methoxy groups -OCH3 is 2. The molecule has 1 aromatic heterocycles. The molecule has 0 aliphatic rings. The normalized spacial score (nSPS) is 12.0. The van der Waals surface area contributed by atoms with Crippen molar-refractivity contribution in [3.05, 3.63) is 59.8 Å². The molecule has 3 aromatic rings. The topological polar surface area (TPSA) is 63.4 Å². The van der Waals surface area contributed by atoms with Crippen molar-refractivity contribution in [2.75, 3.05) is 20.8 Å². The molecule has 0 aliphatic heterocycles. The SMILES string of the molecule is CCCCNC(=O)C[C@@H](c1ccc(OC)c(OC)c1)c1c[nH]c2ccccc12. The van der Waals surface area contributed by atoms with Crippen molar-refractivity contribution in [3.63, 3.8) is 0 Å². The Hall–Kier alpha value is -2.95. The highest BCUT2D eigenvalue weighted by molar-refractivity contribution is 5.86. The van der Waals surface area contributed by atoms with Crippen molar-refractivity contribution in [3.8, 4) is 11.5 Å². The van der Waals surface area contributed by atoms with Gasteiger partial charge in [0.15, 0.2) is 11.5 Å². The van der Waals surface area contributed by atoms with Gasteiger partial charge in [-0.25, -0.2) is 0 Å². The van der Waals surface area contributed by atoms with E-state index in [0.717, 1.165) is 34.9 Å². The lowest BCUT2D eigenvalue weighted by Crippen LogP contribution is -2.26. The summed E-state index contributed by atoms with van der Waals surface area (Å²) in [6.45, 7) is 2.83. The number of aromatic amines is 1. The van der Waals surface area contributed by atoms with E-state index in [-0.39, 0.29) is 11.8 Å². The molecule has 3 rings (SSSR count). The molecular weight excluding hydrogens is 352 g/mol. The average Bonchev–Trinajstić information content (AvgIpc) is 3.15. The van der Waals surface area contributed by atoms with Crippen molar-refractivity contribution in [1.82, 2.24) is 10.3 Å². The number of benzene rings is 2. The molecule has 28 heavy (non-hydrogen) atoms. The molecule has 0 bridgehead atoms. The Morgan fingerprint density at radius 2 is 1.89 bits per heavy atom. The smallest absolute Gasteiger partial charge is 0.220 e. The molecule has 148 valence electrons. The largest absolute Gasteiger partial charge is 0.493 e. The van der Waals surface area contributed by atoms with E-state index in [2.05, 4.69) is 23.3 Å². The van der Waals surface area contributed by atoms with Crippen LogP contribution in [0.2, 0.25) is 0 Å². The quantitative estimate of drug-likeness (QED) is 0.532. The third kappa shape index (κ3) is 4.30. The second-order valence-corrected chi connectivity index (χ2v) is 6.86. The second kappa shape index (κ2) is 9.31. The van der Waals surface area contributed by atoms with Crippen LogP contribution in [-0.2, 0) is 4.79 Å². The van der Waals surface area contributed by atoms with Gasteiger partial charge in [0.1, 0.15) is 0 Å². The Bertz CT molecular complexity index is 932. The zero-order valence-electron chi connectivity index (χ0n) is 16.7. The molecule has 2 N–H and O–H groups in total. The summed E-state index contributed by atoms with van der Waals surface area (Å²) in [5, 5.41) is 4.17. The second-order valence-electron chi connectivity index (χ2n) is 6.86. The highest BCUT2D eigenvalue weighted by Gasteiger charge is 2.22. The van der Waals surface area contributed by atoms with Gasteiger partial charge in [-0.1, -0.05) is 37.6 Å². The van der Waals surface area contributed by atoms with Crippen molar-refractivity contribution < 1.29 is 14.3 Å². The standard InChI is InChI=1S/C23H28N2O3/c1-4-5-12-24-23(26)14-18(16-10-11-21(27-2)22(13-16)28-3)19-15-25-20-9-7-6-8-17(19)20/h6-11,13,15,18,25H,4-5,12,14H2,1-3H3,(H,24,26)/t18-/m0/s1. The Morgan fingerprint density at radius 3 is 2.64 bits per heavy atom. The molecule has 0 unspecified atom stereocenters. The van der Waals surface area contributed by atoms with Crippen LogP contribution in [0, 0.1) is 0 Å². The van der Waals surface area contributed by atoms with Gasteiger partial charge in [0.05, 0.1) is 14.2 Å². The number of carbonyl (C=O) groups is 1. The Morgan fingerprint density at radius 1 is 1.11 bits per heavy atom. The van der Waals surface area contributed by atoms with Gasteiger partial charge >= 0.3 is 0 Å². The molecule has 5 nitrogen and oxygen atoms in total. The van der Waals surface area contributed by atoms with E-state index in [4.69, 9.17) is 9.47 Å². The molecule has 1 atom stereocenters. The van der Waals surface area contributed by atoms with Crippen LogP contribution >= 0.6 is 0 Å². The van der Waals surface area contributed by atoms with E-state index in [1.807, 2.05) is 42.6 Å². The van der Waals surface area contributed by atoms with Gasteiger partial charge in [0.2, 0.25) is 5.91 Å². The zero-order chi connectivity index (χ0) is 19.9. The predicted molar refractivity (Wildman–Crippen MR) is 112 cm³/mol. The molecule has 2 aromatic carbocycles. The number of fused-ring (bicyclic) bond motifs is 1. The number of hydrogen-bond donors (Lipinski definition) is 2. The van der Waals surface area contributed by atoms with Crippen LogP contribution in [-0.4, -0.2) is 31.7 Å². The van der Waals surface area contributed by atoms with Crippen molar-refractivity contribution in [2.24, 2.45) is 0 Å². The zero-order valence-corrected chi connectivity index (χ0v) is 16.7. The minimum Gasteiger partial charge on any atom is -0.493 e. The molecule has 0 spiro atoms. The summed E-state index contributed by atoms with van der Waals surface area (Å²) in [4.78, 5) is 16.0. The van der Waals surface area contributed by atoms with Gasteiger partial charge in [0, 0.05) is 36.0 Å². The first-order valence-electron chi connectivity index (χ1n) is 9.72. The summed E-state index contributed by atoms with van der Waals surface area (Å²) < 4.78 is 10.9. The molecule has 5 heteroatoms. The van der Waals surface area contributed by atoms with E-state index >= 15 is 0 Å². The molecular formula is C23H28N2O3. The maximum absolute atomic E-state index is 12.6. The third-order valence-corrected chi connectivity index (χ3v) is 5.05. The van der Waals surface area contributed by atoms with Crippen LogP contribution < -0.4 is 14.8 Å². The van der Waals surface area contributed by atoms with Crippen LogP contribution in [0.5, 0.6) is 11.5 Å². The Labute approximate surface area is 166 Å². The van der Waals surface area contributed by atoms with Crippen LogP contribution in [0.15, 0.2) is 48.7 Å². The minimum atomic E-state index is -0.0856. The fraction of sp³-hybridized carbons (Fsp3) is 0.348. The van der Waals surface area contributed by atoms with Gasteiger partial charge in [-0.3, -0.25) is 4.79 Å². The first kappa shape index (κ1) is 19.8. The number of H-pyrrole nitrogens is 1. The number of carbonyl (C=O) groups excluding carboxylic acids is 1. The maximum Gasteiger partial charge on any atom is 0.220 e.